The van der Waals surface area contributed by atoms with Gasteiger partial charge in [0.15, 0.2) is 4.80 Å². The molecule has 2 aromatic heterocycles. The van der Waals surface area contributed by atoms with Gasteiger partial charge in [0.2, 0.25) is 0 Å². The minimum absolute atomic E-state index is 0.0222. The second-order valence-corrected chi connectivity index (χ2v) is 6.00. The Bertz CT molecular complexity index is 998. The summed E-state index contributed by atoms with van der Waals surface area (Å²) in [5.41, 5.74) is 1.26. The summed E-state index contributed by atoms with van der Waals surface area (Å²) in [7, 11) is 0. The summed E-state index contributed by atoms with van der Waals surface area (Å²) in [5.74, 6) is -0.377. The fourth-order valence-corrected chi connectivity index (χ4v) is 3.60. The van der Waals surface area contributed by atoms with Crippen molar-refractivity contribution in [2.24, 2.45) is 4.99 Å². The third-order valence-corrected chi connectivity index (χ3v) is 4.67. The Hall–Kier alpha value is -2.81. The predicted molar refractivity (Wildman–Crippen MR) is 89.9 cm³/mol. The van der Waals surface area contributed by atoms with E-state index in [1.54, 1.807) is 23.0 Å². The van der Waals surface area contributed by atoms with Gasteiger partial charge in [0.05, 0.1) is 15.1 Å². The summed E-state index contributed by atoms with van der Waals surface area (Å²) in [4.78, 5) is 27.6. The molecule has 0 fully saturated rings. The van der Waals surface area contributed by atoms with E-state index in [0.717, 1.165) is 10.2 Å². The highest BCUT2D eigenvalue weighted by Gasteiger charge is 2.14. The quantitative estimate of drug-likeness (QED) is 0.536. The lowest BCUT2D eigenvalue weighted by Gasteiger charge is -2.01. The molecule has 9 heteroatoms. The molecule has 0 bridgehead atoms. The van der Waals surface area contributed by atoms with Crippen LogP contribution in [0.5, 0.6) is 0 Å². The number of thiazole rings is 1. The zero-order chi connectivity index (χ0) is 17.3. The summed E-state index contributed by atoms with van der Waals surface area (Å²) in [6.45, 7) is 5.02. The molecule has 0 saturated heterocycles. The van der Waals surface area contributed by atoms with Crippen LogP contribution < -0.4 is 4.80 Å². The Morgan fingerprint density at radius 1 is 1.33 bits per heavy atom. The standard InChI is InChI=1S/C15H15N5O3S/c1-3-18-11-6-5-10(20(22)23)9-13(11)24-15(18)17-14(21)12-7-8-16-19(12)4-2/h5-9H,3-4H2,1-2H3. The number of rotatable bonds is 4. The SMILES string of the molecule is CCn1nccc1C(=O)N=c1sc2cc([N+](=O)[O-])ccc2n1CC. The molecular formula is C15H15N5O3S. The molecule has 1 amide bonds. The van der Waals surface area contributed by atoms with Crippen molar-refractivity contribution in [3.05, 3.63) is 51.1 Å². The van der Waals surface area contributed by atoms with Gasteiger partial charge in [-0.3, -0.25) is 19.6 Å². The molecule has 8 nitrogen and oxygen atoms in total. The van der Waals surface area contributed by atoms with Gasteiger partial charge in [-0.05, 0) is 26.0 Å². The predicted octanol–water partition coefficient (Wildman–Crippen LogP) is 2.59. The van der Waals surface area contributed by atoms with Crippen LogP contribution in [-0.2, 0) is 13.1 Å². The lowest BCUT2D eigenvalue weighted by atomic mass is 10.3. The number of carbonyl (C=O) groups is 1. The number of nitrogens with zero attached hydrogens (tertiary/aromatic N) is 5. The highest BCUT2D eigenvalue weighted by atomic mass is 32.1. The van der Waals surface area contributed by atoms with Crippen molar-refractivity contribution >= 4 is 33.1 Å². The molecule has 0 unspecified atom stereocenters. The number of non-ortho nitro benzene ring substituents is 1. The fourth-order valence-electron chi connectivity index (χ4n) is 2.48. The van der Waals surface area contributed by atoms with Crippen LogP contribution in [0.4, 0.5) is 5.69 Å². The number of hydrogen-bond acceptors (Lipinski definition) is 5. The first kappa shape index (κ1) is 16.1. The van der Waals surface area contributed by atoms with E-state index in [-0.39, 0.29) is 11.6 Å². The molecule has 0 aliphatic rings. The van der Waals surface area contributed by atoms with Crippen LogP contribution in [-0.4, -0.2) is 25.2 Å². The van der Waals surface area contributed by atoms with Gasteiger partial charge in [-0.1, -0.05) is 11.3 Å². The number of aryl methyl sites for hydroxylation is 2. The maximum atomic E-state index is 12.4. The average Bonchev–Trinajstić information content (AvgIpc) is 3.17. The molecule has 0 aliphatic heterocycles. The summed E-state index contributed by atoms with van der Waals surface area (Å²) in [6, 6.07) is 6.28. The van der Waals surface area contributed by atoms with Crippen molar-refractivity contribution < 1.29 is 9.72 Å². The summed E-state index contributed by atoms with van der Waals surface area (Å²) >= 11 is 1.26. The van der Waals surface area contributed by atoms with Crippen molar-refractivity contribution in [3.63, 3.8) is 0 Å². The number of hydrogen-bond donors (Lipinski definition) is 0. The van der Waals surface area contributed by atoms with E-state index in [1.165, 1.54) is 23.5 Å². The van der Waals surface area contributed by atoms with Crippen molar-refractivity contribution in [1.29, 1.82) is 0 Å². The van der Waals surface area contributed by atoms with Gasteiger partial charge >= 0.3 is 0 Å². The van der Waals surface area contributed by atoms with Gasteiger partial charge < -0.3 is 4.57 Å². The molecule has 2 heterocycles. The maximum Gasteiger partial charge on any atom is 0.297 e. The van der Waals surface area contributed by atoms with E-state index < -0.39 is 4.92 Å². The van der Waals surface area contributed by atoms with Crippen LogP contribution in [0.3, 0.4) is 0 Å². The van der Waals surface area contributed by atoms with Crippen molar-refractivity contribution in [2.75, 3.05) is 0 Å². The van der Waals surface area contributed by atoms with Gasteiger partial charge in [-0.15, -0.1) is 0 Å². The molecule has 0 radical (unpaired) electrons. The van der Waals surface area contributed by atoms with E-state index >= 15 is 0 Å². The molecule has 3 rings (SSSR count). The first-order chi connectivity index (χ1) is 11.5. The second kappa shape index (κ2) is 6.36. The van der Waals surface area contributed by atoms with Crippen molar-refractivity contribution in [2.45, 2.75) is 26.9 Å². The van der Waals surface area contributed by atoms with Gasteiger partial charge in [0.25, 0.3) is 11.6 Å². The summed E-state index contributed by atoms with van der Waals surface area (Å²) < 4.78 is 4.18. The number of carbonyl (C=O) groups excluding carboxylic acids is 1. The minimum Gasteiger partial charge on any atom is -0.317 e. The highest BCUT2D eigenvalue weighted by molar-refractivity contribution is 7.16. The summed E-state index contributed by atoms with van der Waals surface area (Å²) in [6.07, 6.45) is 1.56. The van der Waals surface area contributed by atoms with Crippen LogP contribution >= 0.6 is 11.3 Å². The first-order valence-corrected chi connectivity index (χ1v) is 8.25. The number of nitro benzene ring substituents is 1. The lowest BCUT2D eigenvalue weighted by molar-refractivity contribution is -0.384. The van der Waals surface area contributed by atoms with E-state index in [9.17, 15) is 14.9 Å². The van der Waals surface area contributed by atoms with Crippen LogP contribution in [0.15, 0.2) is 35.5 Å². The molecule has 3 aromatic rings. The van der Waals surface area contributed by atoms with Crippen molar-refractivity contribution in [1.82, 2.24) is 14.3 Å². The number of aromatic nitrogens is 3. The molecular weight excluding hydrogens is 330 g/mol. The van der Waals surface area contributed by atoms with Crippen LogP contribution in [0.25, 0.3) is 10.2 Å². The number of nitro groups is 1. The zero-order valence-electron chi connectivity index (χ0n) is 13.2. The molecule has 0 saturated carbocycles. The Balaban J connectivity index is 2.14. The summed E-state index contributed by atoms with van der Waals surface area (Å²) in [5, 5.41) is 15.0. The first-order valence-electron chi connectivity index (χ1n) is 7.43. The fraction of sp³-hybridized carbons (Fsp3) is 0.267. The number of benzene rings is 1. The van der Waals surface area contributed by atoms with Gasteiger partial charge in [0, 0.05) is 31.4 Å². The third-order valence-electron chi connectivity index (χ3n) is 3.63. The Morgan fingerprint density at radius 2 is 2.12 bits per heavy atom. The zero-order valence-corrected chi connectivity index (χ0v) is 14.0. The molecule has 24 heavy (non-hydrogen) atoms. The third kappa shape index (κ3) is 2.73. The number of fused-ring (bicyclic) bond motifs is 1. The molecule has 124 valence electrons. The topological polar surface area (TPSA) is 95.3 Å². The molecule has 0 aliphatic carbocycles. The Morgan fingerprint density at radius 3 is 2.79 bits per heavy atom. The lowest BCUT2D eigenvalue weighted by Crippen LogP contribution is -2.17. The molecule has 0 spiro atoms. The van der Waals surface area contributed by atoms with Crippen LogP contribution in [0.1, 0.15) is 24.3 Å². The van der Waals surface area contributed by atoms with Gasteiger partial charge in [-0.2, -0.15) is 10.1 Å². The monoisotopic (exact) mass is 345 g/mol. The van der Waals surface area contributed by atoms with Gasteiger partial charge in [0.1, 0.15) is 5.69 Å². The van der Waals surface area contributed by atoms with E-state index in [0.29, 0.717) is 23.6 Å². The van der Waals surface area contributed by atoms with E-state index in [2.05, 4.69) is 10.1 Å². The van der Waals surface area contributed by atoms with Crippen molar-refractivity contribution in [3.8, 4) is 0 Å². The number of amides is 1. The Labute approximate surface area is 140 Å². The normalized spacial score (nSPS) is 12.0. The van der Waals surface area contributed by atoms with E-state index in [1.807, 2.05) is 18.4 Å². The Kier molecular flexibility index (Phi) is 4.26. The molecule has 0 N–H and O–H groups in total. The molecule has 1 aromatic carbocycles. The van der Waals surface area contributed by atoms with Crippen LogP contribution in [0, 0.1) is 10.1 Å². The largest absolute Gasteiger partial charge is 0.317 e. The second-order valence-electron chi connectivity index (χ2n) is 4.99. The average molecular weight is 345 g/mol. The maximum absolute atomic E-state index is 12.4. The van der Waals surface area contributed by atoms with E-state index in [4.69, 9.17) is 0 Å². The molecule has 0 atom stereocenters. The van der Waals surface area contributed by atoms with Gasteiger partial charge in [-0.25, -0.2) is 0 Å². The van der Waals surface area contributed by atoms with Crippen LogP contribution in [0.2, 0.25) is 0 Å². The highest BCUT2D eigenvalue weighted by Crippen LogP contribution is 2.23. The minimum atomic E-state index is -0.433. The smallest absolute Gasteiger partial charge is 0.297 e.